The van der Waals surface area contributed by atoms with Gasteiger partial charge in [-0.1, -0.05) is 0 Å². The number of hydrogen-bond acceptors (Lipinski definition) is 6. The highest BCUT2D eigenvalue weighted by molar-refractivity contribution is 6.47. The molecule has 2 aromatic heterocycles. The van der Waals surface area contributed by atoms with Gasteiger partial charge < -0.3 is 27.6 Å². The number of aromatic nitrogens is 2. The summed E-state index contributed by atoms with van der Waals surface area (Å²) in [5.74, 6) is 2.43. The maximum absolute atomic E-state index is 6.36. The first kappa shape index (κ1) is 26.3. The third kappa shape index (κ3) is 4.24. The number of hydrogen-bond donors (Lipinski definition) is 0. The minimum Gasteiger partial charge on any atom is -0.503 e. The Hall–Kier alpha value is -4.59. The molecule has 4 aliphatic heterocycles. The van der Waals surface area contributed by atoms with Crippen LogP contribution in [0, 0.1) is 27.7 Å². The summed E-state index contributed by atoms with van der Waals surface area (Å²) in [5, 5.41) is 0. The fourth-order valence-electron chi connectivity index (χ4n) is 6.13. The molecule has 0 N–H and O–H groups in total. The molecule has 210 valence electrons. The van der Waals surface area contributed by atoms with Crippen molar-refractivity contribution in [2.45, 2.75) is 55.4 Å². The monoisotopic (exact) mass is 558 g/mol. The zero-order valence-corrected chi connectivity index (χ0v) is 25.2. The molecule has 0 fully saturated rings. The first-order chi connectivity index (χ1) is 20.0. The topological polar surface area (TPSA) is 71.5 Å². The summed E-state index contributed by atoms with van der Waals surface area (Å²) in [6, 6.07) is 7.97. The van der Waals surface area contributed by atoms with E-state index < -0.39 is 14.5 Å². The first-order valence-electron chi connectivity index (χ1n) is 14.2. The second-order valence-corrected chi connectivity index (χ2v) is 11.5. The summed E-state index contributed by atoms with van der Waals surface area (Å²) in [7, 11) is -1.32. The number of rotatable bonds is 4. The van der Waals surface area contributed by atoms with Crippen molar-refractivity contribution in [2.75, 3.05) is 0 Å². The zero-order valence-electron chi connectivity index (χ0n) is 25.2. The molecule has 0 saturated heterocycles. The van der Waals surface area contributed by atoms with Crippen LogP contribution in [0.25, 0.3) is 12.2 Å². The lowest BCUT2D eigenvalue weighted by Gasteiger charge is -2.13. The highest BCUT2D eigenvalue weighted by Crippen LogP contribution is 2.46. The Morgan fingerprint density at radius 2 is 0.905 bits per heavy atom. The fourth-order valence-corrected chi connectivity index (χ4v) is 6.13. The lowest BCUT2D eigenvalue weighted by molar-refractivity contribution is 0.467. The maximum atomic E-state index is 6.36. The van der Waals surface area contributed by atoms with Crippen LogP contribution in [-0.4, -0.2) is 34.9 Å². The van der Waals surface area contributed by atoms with Gasteiger partial charge in [-0.05, 0) is 114 Å². The van der Waals surface area contributed by atoms with E-state index in [4.69, 9.17) is 18.6 Å². The molecular formula is C32H32B2N4O4. The summed E-state index contributed by atoms with van der Waals surface area (Å²) in [6.45, 7) is 16.5. The third-order valence-electron chi connectivity index (χ3n) is 8.08. The lowest BCUT2D eigenvalue weighted by atomic mass is 10.1. The number of nitrogens with zero attached hydrogens (tertiary/aromatic N) is 4. The average Bonchev–Trinajstić information content (AvgIpc) is 3.73. The van der Waals surface area contributed by atoms with E-state index in [1.165, 1.54) is 0 Å². The molecule has 0 saturated carbocycles. The summed E-state index contributed by atoms with van der Waals surface area (Å²) < 4.78 is 29.5. The van der Waals surface area contributed by atoms with Crippen LogP contribution in [0.4, 0.5) is 0 Å². The van der Waals surface area contributed by atoms with Crippen molar-refractivity contribution in [2.24, 2.45) is 9.98 Å². The molecule has 7 rings (SSSR count). The summed E-state index contributed by atoms with van der Waals surface area (Å²) in [6.07, 6.45) is 8.38. The standard InChI is InChI=1S/C32H32B2N4O4/c1-17-9-21(5)35-25(17)13-27-19(3)11-23(7)37(27)33-39-29-15-31-32(16-30(29)40-33)42-34(41-31)38-24(8)12-20(4)28(38)14-26-18(2)10-22(6)36-26/h9-16H,1-8H3/b25-13-,26-14-. The van der Waals surface area contributed by atoms with Crippen LogP contribution >= 0.6 is 0 Å². The number of aliphatic imine (C=N–C) groups is 2. The molecule has 42 heavy (non-hydrogen) atoms. The van der Waals surface area contributed by atoms with Gasteiger partial charge in [-0.15, -0.1) is 0 Å². The fraction of sp³-hybridized carbons (Fsp3) is 0.250. The highest BCUT2D eigenvalue weighted by Gasteiger charge is 2.43. The van der Waals surface area contributed by atoms with Gasteiger partial charge in [0.2, 0.25) is 0 Å². The maximum Gasteiger partial charge on any atom is 0.743 e. The molecule has 10 heteroatoms. The Kier molecular flexibility index (Phi) is 5.94. The van der Waals surface area contributed by atoms with E-state index in [-0.39, 0.29) is 0 Å². The second kappa shape index (κ2) is 9.48. The van der Waals surface area contributed by atoms with Gasteiger partial charge in [-0.3, -0.25) is 9.98 Å². The highest BCUT2D eigenvalue weighted by atomic mass is 16.7. The van der Waals surface area contributed by atoms with Gasteiger partial charge in [0, 0.05) is 46.3 Å². The Morgan fingerprint density at radius 1 is 0.548 bits per heavy atom. The van der Waals surface area contributed by atoms with Crippen molar-refractivity contribution in [3.8, 4) is 23.0 Å². The number of benzene rings is 1. The molecule has 6 heterocycles. The van der Waals surface area contributed by atoms with Gasteiger partial charge in [-0.2, -0.15) is 0 Å². The van der Waals surface area contributed by atoms with E-state index in [9.17, 15) is 0 Å². The zero-order chi connectivity index (χ0) is 29.4. The predicted molar refractivity (Wildman–Crippen MR) is 169 cm³/mol. The van der Waals surface area contributed by atoms with Crippen LogP contribution < -0.4 is 18.6 Å². The average molecular weight is 558 g/mol. The number of fused-ring (bicyclic) bond motifs is 2. The van der Waals surface area contributed by atoms with E-state index >= 15 is 0 Å². The first-order valence-corrected chi connectivity index (χ1v) is 14.2. The Labute approximate surface area is 246 Å². The van der Waals surface area contributed by atoms with Gasteiger partial charge in [0.25, 0.3) is 0 Å². The van der Waals surface area contributed by atoms with Crippen molar-refractivity contribution < 1.29 is 18.6 Å². The second-order valence-electron chi connectivity index (χ2n) is 11.5. The molecule has 8 nitrogen and oxygen atoms in total. The molecular weight excluding hydrogens is 526 g/mol. The predicted octanol–water partition coefficient (Wildman–Crippen LogP) is 6.66. The van der Waals surface area contributed by atoms with Gasteiger partial charge in [-0.25, -0.2) is 0 Å². The molecule has 1 aromatic carbocycles. The molecule has 0 bridgehead atoms. The minimum absolute atomic E-state index is 0.609. The van der Waals surface area contributed by atoms with E-state index in [0.29, 0.717) is 23.0 Å². The van der Waals surface area contributed by atoms with Crippen LogP contribution in [0.2, 0.25) is 0 Å². The van der Waals surface area contributed by atoms with E-state index in [0.717, 1.165) is 67.9 Å². The van der Waals surface area contributed by atoms with Crippen LogP contribution in [0.3, 0.4) is 0 Å². The molecule has 0 radical (unpaired) electrons. The molecule has 0 amide bonds. The lowest BCUT2D eigenvalue weighted by Crippen LogP contribution is -2.36. The van der Waals surface area contributed by atoms with Crippen LogP contribution in [0.5, 0.6) is 23.0 Å². The van der Waals surface area contributed by atoms with E-state index in [2.05, 4.69) is 96.9 Å². The SMILES string of the molecule is CC1=CC(C)=N/C1=C\c1c(C)cc(C)n1B1Oc2cc3c(cc2O1)OB(n1c(C)cc(C)c1/C=C1\N=C(C)C=C1C)O3. The van der Waals surface area contributed by atoms with Crippen molar-refractivity contribution in [3.05, 3.63) is 92.9 Å². The van der Waals surface area contributed by atoms with Crippen LogP contribution in [0.15, 0.2) is 68.9 Å². The van der Waals surface area contributed by atoms with Crippen molar-refractivity contribution in [3.63, 3.8) is 0 Å². The molecule has 0 spiro atoms. The molecule has 0 atom stereocenters. The number of aryl methyl sites for hydroxylation is 4. The normalized spacial score (nSPS) is 18.9. The van der Waals surface area contributed by atoms with Gasteiger partial charge in [0.15, 0.2) is 0 Å². The van der Waals surface area contributed by atoms with Crippen LogP contribution in [0.1, 0.15) is 61.6 Å². The summed E-state index contributed by atoms with van der Waals surface area (Å²) in [4.78, 5) is 9.38. The molecule has 3 aromatic rings. The van der Waals surface area contributed by atoms with Crippen molar-refractivity contribution >= 4 is 38.1 Å². The van der Waals surface area contributed by atoms with Gasteiger partial charge in [0.05, 0.1) is 11.4 Å². The summed E-state index contributed by atoms with van der Waals surface area (Å²) >= 11 is 0. The van der Waals surface area contributed by atoms with E-state index in [1.807, 2.05) is 26.0 Å². The van der Waals surface area contributed by atoms with Crippen LogP contribution in [-0.2, 0) is 0 Å². The largest absolute Gasteiger partial charge is 0.743 e. The minimum atomic E-state index is -0.658. The summed E-state index contributed by atoms with van der Waals surface area (Å²) in [5.41, 5.74) is 12.5. The molecule has 0 unspecified atom stereocenters. The Morgan fingerprint density at radius 3 is 1.21 bits per heavy atom. The van der Waals surface area contributed by atoms with Crippen molar-refractivity contribution in [1.82, 2.24) is 8.96 Å². The Balaban J connectivity index is 1.16. The van der Waals surface area contributed by atoms with Gasteiger partial charge in [0.1, 0.15) is 23.0 Å². The third-order valence-corrected chi connectivity index (χ3v) is 8.08. The number of allylic oxidation sites excluding steroid dienone is 4. The Bertz CT molecular complexity index is 1720. The van der Waals surface area contributed by atoms with Crippen molar-refractivity contribution in [1.29, 1.82) is 0 Å². The molecule has 0 aliphatic carbocycles. The smallest absolute Gasteiger partial charge is 0.503 e. The van der Waals surface area contributed by atoms with Gasteiger partial charge >= 0.3 is 14.5 Å². The quantitative estimate of drug-likeness (QED) is 0.336. The molecule has 4 aliphatic rings. The van der Waals surface area contributed by atoms with E-state index in [1.54, 1.807) is 0 Å².